The number of likely N-dealkylation sites (N-methyl/N-ethyl adjacent to an activating group) is 1. The number of hydrogen-bond acceptors (Lipinski definition) is 2. The third-order valence-electron chi connectivity index (χ3n) is 2.10. The van der Waals surface area contributed by atoms with Crippen LogP contribution in [0.3, 0.4) is 0 Å². The minimum Gasteiger partial charge on any atom is -0.338 e. The Morgan fingerprint density at radius 3 is 2.87 bits per heavy atom. The van der Waals surface area contributed by atoms with Crippen LogP contribution in [0.15, 0.2) is 35.8 Å². The van der Waals surface area contributed by atoms with E-state index in [9.17, 15) is 9.59 Å². The molecule has 15 heavy (non-hydrogen) atoms. The topological polar surface area (TPSA) is 42.3 Å². The monoisotopic (exact) mass is 206 g/mol. The lowest BCUT2D eigenvalue weighted by molar-refractivity contribution is 0.0810. The number of amides is 1. The third kappa shape index (κ3) is 2.56. The van der Waals surface area contributed by atoms with Gasteiger partial charge in [-0.15, -0.1) is 6.58 Å². The van der Waals surface area contributed by atoms with Gasteiger partial charge in [0.15, 0.2) is 0 Å². The second-order valence-electron chi connectivity index (χ2n) is 3.34. The average molecular weight is 206 g/mol. The SMILES string of the molecule is C=CCN(C)C(=O)c1ccn(C)c(=O)c1. The van der Waals surface area contributed by atoms with Gasteiger partial charge in [0.05, 0.1) is 0 Å². The zero-order valence-corrected chi connectivity index (χ0v) is 8.93. The molecule has 0 aliphatic heterocycles. The number of pyridine rings is 1. The quantitative estimate of drug-likeness (QED) is 0.681. The van der Waals surface area contributed by atoms with Gasteiger partial charge in [-0.25, -0.2) is 0 Å². The summed E-state index contributed by atoms with van der Waals surface area (Å²) in [4.78, 5) is 24.5. The molecule has 1 aromatic heterocycles. The second-order valence-corrected chi connectivity index (χ2v) is 3.34. The van der Waals surface area contributed by atoms with Crippen LogP contribution in [-0.2, 0) is 7.05 Å². The molecule has 80 valence electrons. The van der Waals surface area contributed by atoms with Crippen molar-refractivity contribution in [2.24, 2.45) is 7.05 Å². The normalized spacial score (nSPS) is 9.73. The molecule has 1 heterocycles. The molecule has 0 N–H and O–H groups in total. The molecule has 0 bridgehead atoms. The van der Waals surface area contributed by atoms with Crippen LogP contribution >= 0.6 is 0 Å². The maximum atomic E-state index is 11.7. The number of hydrogen-bond donors (Lipinski definition) is 0. The maximum Gasteiger partial charge on any atom is 0.254 e. The summed E-state index contributed by atoms with van der Waals surface area (Å²) in [7, 11) is 3.31. The van der Waals surface area contributed by atoms with E-state index in [0.717, 1.165) is 0 Å². The van der Waals surface area contributed by atoms with Crippen molar-refractivity contribution in [1.82, 2.24) is 9.47 Å². The van der Waals surface area contributed by atoms with Crippen molar-refractivity contribution in [3.8, 4) is 0 Å². The zero-order chi connectivity index (χ0) is 11.4. The lowest BCUT2D eigenvalue weighted by Crippen LogP contribution is -2.28. The van der Waals surface area contributed by atoms with E-state index >= 15 is 0 Å². The smallest absolute Gasteiger partial charge is 0.254 e. The fraction of sp³-hybridized carbons (Fsp3) is 0.273. The third-order valence-corrected chi connectivity index (χ3v) is 2.10. The Labute approximate surface area is 88.4 Å². The van der Waals surface area contributed by atoms with Crippen LogP contribution in [0.2, 0.25) is 0 Å². The van der Waals surface area contributed by atoms with Gasteiger partial charge in [0.1, 0.15) is 0 Å². The first-order chi connectivity index (χ1) is 7.06. The summed E-state index contributed by atoms with van der Waals surface area (Å²) in [5.41, 5.74) is 0.218. The van der Waals surface area contributed by atoms with Gasteiger partial charge in [-0.1, -0.05) is 6.08 Å². The van der Waals surface area contributed by atoms with Crippen molar-refractivity contribution in [1.29, 1.82) is 0 Å². The van der Waals surface area contributed by atoms with Gasteiger partial charge in [0.25, 0.3) is 11.5 Å². The van der Waals surface area contributed by atoms with Gasteiger partial charge >= 0.3 is 0 Å². The molecule has 4 heteroatoms. The first-order valence-electron chi connectivity index (χ1n) is 4.59. The molecule has 4 nitrogen and oxygen atoms in total. The van der Waals surface area contributed by atoms with Crippen molar-refractivity contribution >= 4 is 5.91 Å². The fourth-order valence-corrected chi connectivity index (χ4v) is 1.18. The highest BCUT2D eigenvalue weighted by atomic mass is 16.2. The van der Waals surface area contributed by atoms with Crippen LogP contribution in [0.4, 0.5) is 0 Å². The molecule has 0 fully saturated rings. The summed E-state index contributed by atoms with van der Waals surface area (Å²) in [5, 5.41) is 0. The molecule has 0 unspecified atom stereocenters. The zero-order valence-electron chi connectivity index (χ0n) is 8.93. The number of rotatable bonds is 3. The molecule has 1 amide bonds. The number of carbonyl (C=O) groups excluding carboxylic acids is 1. The Balaban J connectivity index is 2.96. The van der Waals surface area contributed by atoms with E-state index in [1.54, 1.807) is 32.4 Å². The minimum absolute atomic E-state index is 0.174. The predicted octanol–water partition coefficient (Wildman–Crippen LogP) is 0.643. The van der Waals surface area contributed by atoms with E-state index < -0.39 is 0 Å². The summed E-state index contributed by atoms with van der Waals surface area (Å²) in [5.74, 6) is -0.174. The molecule has 1 aromatic rings. The van der Waals surface area contributed by atoms with E-state index in [1.807, 2.05) is 0 Å². The summed E-state index contributed by atoms with van der Waals surface area (Å²) in [6.45, 7) is 4.01. The average Bonchev–Trinajstić information content (AvgIpc) is 2.21. The summed E-state index contributed by atoms with van der Waals surface area (Å²) in [6, 6.07) is 2.96. The first kappa shape index (κ1) is 11.2. The van der Waals surface area contributed by atoms with Gasteiger partial charge in [-0.2, -0.15) is 0 Å². The van der Waals surface area contributed by atoms with Crippen LogP contribution in [0, 0.1) is 0 Å². The largest absolute Gasteiger partial charge is 0.338 e. The second kappa shape index (κ2) is 4.59. The van der Waals surface area contributed by atoms with Gasteiger partial charge in [-0.05, 0) is 6.07 Å². The first-order valence-corrected chi connectivity index (χ1v) is 4.59. The molecule has 0 aliphatic rings. The highest BCUT2D eigenvalue weighted by Gasteiger charge is 2.10. The van der Waals surface area contributed by atoms with Crippen LogP contribution in [-0.4, -0.2) is 29.0 Å². The number of nitrogens with zero attached hydrogens (tertiary/aromatic N) is 2. The van der Waals surface area contributed by atoms with Crippen LogP contribution in [0.25, 0.3) is 0 Å². The van der Waals surface area contributed by atoms with Crippen LogP contribution in [0.5, 0.6) is 0 Å². The summed E-state index contributed by atoms with van der Waals surface area (Å²) >= 11 is 0. The van der Waals surface area contributed by atoms with Crippen molar-refractivity contribution in [3.63, 3.8) is 0 Å². The molecular weight excluding hydrogens is 192 g/mol. The van der Waals surface area contributed by atoms with Crippen molar-refractivity contribution in [3.05, 3.63) is 46.9 Å². The van der Waals surface area contributed by atoms with E-state index in [0.29, 0.717) is 12.1 Å². The van der Waals surface area contributed by atoms with Gasteiger partial charge < -0.3 is 9.47 Å². The number of aryl methyl sites for hydroxylation is 1. The Bertz CT molecular complexity index is 434. The molecule has 0 saturated carbocycles. The highest BCUT2D eigenvalue weighted by Crippen LogP contribution is 1.99. The molecule has 0 saturated heterocycles. The van der Waals surface area contributed by atoms with Crippen molar-refractivity contribution < 1.29 is 4.79 Å². The van der Waals surface area contributed by atoms with Gasteiger partial charge in [0.2, 0.25) is 0 Å². The lowest BCUT2D eigenvalue weighted by atomic mass is 10.2. The predicted molar refractivity (Wildman–Crippen MR) is 58.8 cm³/mol. The molecule has 0 atom stereocenters. The van der Waals surface area contributed by atoms with E-state index in [4.69, 9.17) is 0 Å². The summed E-state index contributed by atoms with van der Waals surface area (Å²) in [6.07, 6.45) is 3.22. The Kier molecular flexibility index (Phi) is 3.44. The van der Waals surface area contributed by atoms with Gasteiger partial charge in [-0.3, -0.25) is 9.59 Å². The Hall–Kier alpha value is -1.84. The number of carbonyl (C=O) groups is 1. The van der Waals surface area contributed by atoms with E-state index in [1.165, 1.54) is 15.5 Å². The molecule has 0 aliphatic carbocycles. The van der Waals surface area contributed by atoms with Crippen molar-refractivity contribution in [2.75, 3.05) is 13.6 Å². The number of aromatic nitrogens is 1. The van der Waals surface area contributed by atoms with Crippen LogP contribution < -0.4 is 5.56 Å². The van der Waals surface area contributed by atoms with E-state index in [-0.39, 0.29) is 11.5 Å². The lowest BCUT2D eigenvalue weighted by Gasteiger charge is -2.14. The highest BCUT2D eigenvalue weighted by molar-refractivity contribution is 5.93. The van der Waals surface area contributed by atoms with Crippen LogP contribution in [0.1, 0.15) is 10.4 Å². The van der Waals surface area contributed by atoms with Gasteiger partial charge in [0, 0.05) is 38.5 Å². The van der Waals surface area contributed by atoms with E-state index in [2.05, 4.69) is 6.58 Å². The van der Waals surface area contributed by atoms with Crippen molar-refractivity contribution in [2.45, 2.75) is 0 Å². The molecule has 1 rings (SSSR count). The molecule has 0 spiro atoms. The fourth-order valence-electron chi connectivity index (χ4n) is 1.18. The minimum atomic E-state index is -0.187. The standard InChI is InChI=1S/C11H14N2O2/c1-4-6-13(3)11(15)9-5-7-12(2)10(14)8-9/h4-5,7-8H,1,6H2,2-3H3. The maximum absolute atomic E-state index is 11.7. The molecule has 0 radical (unpaired) electrons. The Morgan fingerprint density at radius 2 is 2.33 bits per heavy atom. The molecule has 0 aromatic carbocycles. The Morgan fingerprint density at radius 1 is 1.67 bits per heavy atom. The summed E-state index contributed by atoms with van der Waals surface area (Å²) < 4.78 is 1.42. The molecular formula is C11H14N2O2.